The molecule has 1 heterocycles. The van der Waals surface area contributed by atoms with Gasteiger partial charge in [0, 0.05) is 6.61 Å². The van der Waals surface area contributed by atoms with Crippen molar-refractivity contribution in [1.82, 2.24) is 0 Å². The molecular formula is C5H12BOP2. The topological polar surface area (TPSA) is 9.23 Å². The van der Waals surface area contributed by atoms with Crippen LogP contribution in [0.1, 0.15) is 12.8 Å². The largest absolute Gasteiger partial charge is 0.375 e. The predicted molar refractivity (Wildman–Crippen MR) is 47.3 cm³/mol. The summed E-state index contributed by atoms with van der Waals surface area (Å²) in [5.74, 6) is 0.567. The van der Waals surface area contributed by atoms with E-state index in [9.17, 15) is 0 Å². The predicted octanol–water partition coefficient (Wildman–Crippen LogP) is 1.64. The van der Waals surface area contributed by atoms with Crippen LogP contribution in [0.25, 0.3) is 0 Å². The first-order valence-corrected chi connectivity index (χ1v) is 5.82. The van der Waals surface area contributed by atoms with Gasteiger partial charge in [-0.1, -0.05) is 0 Å². The van der Waals surface area contributed by atoms with E-state index in [4.69, 9.17) is 4.74 Å². The second-order valence-electron chi connectivity index (χ2n) is 2.28. The Morgan fingerprint density at radius 3 is 3.00 bits per heavy atom. The molecule has 1 aliphatic heterocycles. The minimum absolute atomic E-state index is 0.0363. The van der Waals surface area contributed by atoms with Gasteiger partial charge in [0.2, 0.25) is 0 Å². The molecule has 0 N–H and O–H groups in total. The van der Waals surface area contributed by atoms with E-state index in [0.717, 1.165) is 6.61 Å². The Bertz CT molecular complexity index is 85.0. The quantitative estimate of drug-likeness (QED) is 0.441. The van der Waals surface area contributed by atoms with Gasteiger partial charge < -0.3 is 4.74 Å². The van der Waals surface area contributed by atoms with Crippen molar-refractivity contribution in [3.05, 3.63) is 0 Å². The first-order valence-electron chi connectivity index (χ1n) is 3.23. The molecule has 0 aromatic rings. The maximum atomic E-state index is 5.49. The van der Waals surface area contributed by atoms with Gasteiger partial charge in [0.15, 0.2) is 6.72 Å². The zero-order valence-electron chi connectivity index (χ0n) is 5.71. The Morgan fingerprint density at radius 2 is 2.56 bits per heavy atom. The number of rotatable bonds is 2. The van der Waals surface area contributed by atoms with E-state index in [1.54, 1.807) is 0 Å². The van der Waals surface area contributed by atoms with Crippen LogP contribution in [0.2, 0.25) is 0 Å². The summed E-state index contributed by atoms with van der Waals surface area (Å²) in [7, 11) is 2.71. The molecule has 0 aliphatic carbocycles. The van der Waals surface area contributed by atoms with E-state index in [-0.39, 0.29) is 7.80 Å². The van der Waals surface area contributed by atoms with Crippen LogP contribution in [0, 0.1) is 0 Å². The van der Waals surface area contributed by atoms with Crippen LogP contribution >= 0.6 is 16.9 Å². The summed E-state index contributed by atoms with van der Waals surface area (Å²) >= 11 is 0. The third kappa shape index (κ3) is 2.18. The average Bonchev–Trinajstić information content (AvgIpc) is 2.37. The van der Waals surface area contributed by atoms with Crippen molar-refractivity contribution in [2.75, 3.05) is 13.3 Å². The molecule has 1 rings (SSSR count). The van der Waals surface area contributed by atoms with Crippen LogP contribution in [0.4, 0.5) is 0 Å². The lowest BCUT2D eigenvalue weighted by Gasteiger charge is -2.15. The minimum atomic E-state index is 0.0363. The number of hydrogen-bond acceptors (Lipinski definition) is 1. The SMILES string of the molecule is CP([B]P)C1CCCO1. The molecule has 1 saturated heterocycles. The van der Waals surface area contributed by atoms with Crippen molar-refractivity contribution in [2.24, 2.45) is 0 Å². The third-order valence-electron chi connectivity index (χ3n) is 1.60. The minimum Gasteiger partial charge on any atom is -0.375 e. The normalized spacial score (nSPS) is 30.2. The lowest BCUT2D eigenvalue weighted by molar-refractivity contribution is 0.171. The average molecular weight is 161 g/mol. The van der Waals surface area contributed by atoms with Gasteiger partial charge in [-0.25, -0.2) is 0 Å². The zero-order valence-corrected chi connectivity index (χ0v) is 7.76. The highest BCUT2D eigenvalue weighted by Gasteiger charge is 2.20. The molecule has 0 saturated carbocycles. The molecule has 3 unspecified atom stereocenters. The van der Waals surface area contributed by atoms with Gasteiger partial charge in [-0.2, -0.15) is 9.12 Å². The van der Waals surface area contributed by atoms with Crippen LogP contribution in [0.15, 0.2) is 0 Å². The molecule has 4 heteroatoms. The van der Waals surface area contributed by atoms with Crippen LogP contribution < -0.4 is 0 Å². The second-order valence-corrected chi connectivity index (χ2v) is 5.38. The summed E-state index contributed by atoms with van der Waals surface area (Å²) in [6.07, 6.45) is 2.53. The van der Waals surface area contributed by atoms with Crippen LogP contribution in [0.3, 0.4) is 0 Å². The van der Waals surface area contributed by atoms with Crippen LogP contribution in [0.5, 0.6) is 0 Å². The van der Waals surface area contributed by atoms with Gasteiger partial charge in [-0.05, 0) is 19.5 Å². The molecular weight excluding hydrogens is 149 g/mol. The molecule has 0 spiro atoms. The molecule has 0 aromatic heterocycles. The van der Waals surface area contributed by atoms with Crippen LogP contribution in [-0.4, -0.2) is 25.8 Å². The Morgan fingerprint density at radius 1 is 1.78 bits per heavy atom. The fourth-order valence-electron chi connectivity index (χ4n) is 0.978. The van der Waals surface area contributed by atoms with Crippen molar-refractivity contribution in [3.8, 4) is 0 Å². The van der Waals surface area contributed by atoms with Crippen molar-refractivity contribution >= 4 is 23.6 Å². The lowest BCUT2D eigenvalue weighted by atomic mass is 10.4. The first kappa shape index (κ1) is 7.99. The van der Waals surface area contributed by atoms with Crippen LogP contribution in [-0.2, 0) is 4.74 Å². The highest BCUT2D eigenvalue weighted by Crippen LogP contribution is 2.42. The summed E-state index contributed by atoms with van der Waals surface area (Å²) in [6.45, 7) is 5.44. The molecule has 1 aliphatic rings. The summed E-state index contributed by atoms with van der Waals surface area (Å²) < 4.78 is 5.49. The Balaban J connectivity index is 2.24. The van der Waals surface area contributed by atoms with E-state index < -0.39 is 0 Å². The van der Waals surface area contributed by atoms with E-state index in [0.29, 0.717) is 5.85 Å². The van der Waals surface area contributed by atoms with Gasteiger partial charge in [0.05, 0.1) is 5.85 Å². The lowest BCUT2D eigenvalue weighted by Crippen LogP contribution is -2.02. The van der Waals surface area contributed by atoms with Crippen molar-refractivity contribution in [3.63, 3.8) is 0 Å². The number of ether oxygens (including phenoxy) is 1. The molecule has 1 nitrogen and oxygen atoms in total. The van der Waals surface area contributed by atoms with Gasteiger partial charge in [0.1, 0.15) is 0 Å². The van der Waals surface area contributed by atoms with E-state index >= 15 is 0 Å². The van der Waals surface area contributed by atoms with E-state index in [1.807, 2.05) is 0 Å². The third-order valence-corrected chi connectivity index (χ3v) is 4.79. The molecule has 9 heavy (non-hydrogen) atoms. The molecule has 1 radical (unpaired) electrons. The zero-order chi connectivity index (χ0) is 6.69. The van der Waals surface area contributed by atoms with E-state index in [1.165, 1.54) is 12.8 Å². The fourth-order valence-corrected chi connectivity index (χ4v) is 2.68. The highest BCUT2D eigenvalue weighted by atomic mass is 31.1. The molecule has 51 valence electrons. The first-order chi connectivity index (χ1) is 4.34. The Hall–Kier alpha value is 0.885. The summed E-state index contributed by atoms with van der Waals surface area (Å²) in [5, 5.41) is 0. The fraction of sp³-hybridized carbons (Fsp3) is 1.00. The van der Waals surface area contributed by atoms with Gasteiger partial charge in [-0.15, -0.1) is 7.80 Å². The monoisotopic (exact) mass is 161 g/mol. The summed E-state index contributed by atoms with van der Waals surface area (Å²) in [6, 6.07) is 0. The summed E-state index contributed by atoms with van der Waals surface area (Å²) in [4.78, 5) is 0. The maximum Gasteiger partial charge on any atom is 0.176 e. The van der Waals surface area contributed by atoms with Gasteiger partial charge >= 0.3 is 0 Å². The molecule has 0 bridgehead atoms. The highest BCUT2D eigenvalue weighted by molar-refractivity contribution is 8.04. The van der Waals surface area contributed by atoms with Crippen molar-refractivity contribution in [2.45, 2.75) is 18.7 Å². The Labute approximate surface area is 61.0 Å². The van der Waals surface area contributed by atoms with Crippen molar-refractivity contribution < 1.29 is 4.74 Å². The number of hydrogen-bond donors (Lipinski definition) is 0. The summed E-state index contributed by atoms with van der Waals surface area (Å²) in [5.41, 5.74) is 0. The Kier molecular flexibility index (Phi) is 3.47. The van der Waals surface area contributed by atoms with E-state index in [2.05, 4.69) is 22.5 Å². The van der Waals surface area contributed by atoms with Gasteiger partial charge in [0.25, 0.3) is 0 Å². The van der Waals surface area contributed by atoms with Gasteiger partial charge in [-0.3, -0.25) is 0 Å². The molecule has 0 aromatic carbocycles. The standard InChI is InChI=1S/C5H12BOP2/c1-9(6-8)5-3-2-4-7-5/h5H,2-4,8H2,1H3. The molecule has 1 fully saturated rings. The molecule has 3 atom stereocenters. The maximum absolute atomic E-state index is 5.49. The molecule has 0 amide bonds. The smallest absolute Gasteiger partial charge is 0.176 e. The second kappa shape index (κ2) is 3.91. The van der Waals surface area contributed by atoms with Crippen molar-refractivity contribution in [1.29, 1.82) is 0 Å².